The number of piperidine rings is 1. The van der Waals surface area contributed by atoms with E-state index in [1.54, 1.807) is 21.8 Å². The average molecular weight is 388 g/mol. The molecule has 0 saturated carbocycles. The van der Waals surface area contributed by atoms with Crippen molar-refractivity contribution < 1.29 is 23.9 Å². The van der Waals surface area contributed by atoms with Crippen LogP contribution in [0, 0.1) is 5.92 Å². The van der Waals surface area contributed by atoms with E-state index < -0.39 is 5.97 Å². The molecule has 9 heteroatoms. The maximum absolute atomic E-state index is 12.3. The van der Waals surface area contributed by atoms with Crippen LogP contribution in [-0.2, 0) is 19.1 Å². The van der Waals surface area contributed by atoms with Crippen LogP contribution >= 0.6 is 0 Å². The minimum atomic E-state index is -0.607. The summed E-state index contributed by atoms with van der Waals surface area (Å²) in [5.74, 6) is -1.31. The van der Waals surface area contributed by atoms with E-state index in [2.05, 4.69) is 10.1 Å². The molecule has 0 atom stereocenters. The lowest BCUT2D eigenvalue weighted by molar-refractivity contribution is -0.149. The topological polar surface area (TPSA) is 104 Å². The average Bonchev–Trinajstić information content (AvgIpc) is 3.14. The molecule has 9 nitrogen and oxygen atoms in total. The molecule has 2 aromatic heterocycles. The molecule has 0 bridgehead atoms. The van der Waals surface area contributed by atoms with Gasteiger partial charge in [-0.15, -0.1) is 0 Å². The maximum Gasteiger partial charge on any atom is 0.340 e. The van der Waals surface area contributed by atoms with Gasteiger partial charge in [0.2, 0.25) is 0 Å². The van der Waals surface area contributed by atoms with Gasteiger partial charge >= 0.3 is 11.9 Å². The van der Waals surface area contributed by atoms with Crippen LogP contribution in [0.25, 0.3) is 11.0 Å². The standard InChI is InChI=1S/C19H24N4O5/c1-12(2)23-17-14(10-21-23)8-15(9-20-17)19(26)28-11-16(24)22-6-4-13(5-7-22)18(25)27-3/h8-10,12-13H,4-7,11H2,1-3H3. The number of nitrogens with zero attached hydrogens (tertiary/aromatic N) is 4. The van der Waals surface area contributed by atoms with Crippen molar-refractivity contribution in [2.24, 2.45) is 5.92 Å². The summed E-state index contributed by atoms with van der Waals surface area (Å²) in [6, 6.07) is 1.81. The first-order chi connectivity index (χ1) is 13.4. The molecule has 3 rings (SSSR count). The number of likely N-dealkylation sites (tertiary alicyclic amines) is 1. The molecule has 3 heterocycles. The Morgan fingerprint density at radius 3 is 2.57 bits per heavy atom. The molecule has 28 heavy (non-hydrogen) atoms. The van der Waals surface area contributed by atoms with E-state index >= 15 is 0 Å². The smallest absolute Gasteiger partial charge is 0.340 e. The summed E-state index contributed by atoms with van der Waals surface area (Å²) in [6.07, 6.45) is 4.17. The van der Waals surface area contributed by atoms with Gasteiger partial charge in [-0.3, -0.25) is 9.59 Å². The molecule has 2 aromatic rings. The highest BCUT2D eigenvalue weighted by atomic mass is 16.5. The monoisotopic (exact) mass is 388 g/mol. The van der Waals surface area contributed by atoms with Gasteiger partial charge in [-0.1, -0.05) is 0 Å². The summed E-state index contributed by atoms with van der Waals surface area (Å²) in [4.78, 5) is 42.0. The van der Waals surface area contributed by atoms with Gasteiger partial charge in [0.05, 0.1) is 24.8 Å². The minimum absolute atomic E-state index is 0.156. The summed E-state index contributed by atoms with van der Waals surface area (Å²) in [7, 11) is 1.36. The molecular formula is C19H24N4O5. The summed E-state index contributed by atoms with van der Waals surface area (Å²) in [6.45, 7) is 4.53. The summed E-state index contributed by atoms with van der Waals surface area (Å²) < 4.78 is 11.7. The highest BCUT2D eigenvalue weighted by Crippen LogP contribution is 2.19. The quantitative estimate of drug-likeness (QED) is 0.716. The molecule has 1 fully saturated rings. The summed E-state index contributed by atoms with van der Waals surface area (Å²) in [5.41, 5.74) is 0.962. The van der Waals surface area contributed by atoms with Crippen molar-refractivity contribution in [3.8, 4) is 0 Å². The number of carbonyl (C=O) groups excluding carboxylic acids is 3. The van der Waals surface area contributed by atoms with Crippen molar-refractivity contribution in [3.63, 3.8) is 0 Å². The van der Waals surface area contributed by atoms with Gasteiger partial charge in [-0.2, -0.15) is 5.10 Å². The molecular weight excluding hydrogens is 364 g/mol. The first-order valence-electron chi connectivity index (χ1n) is 9.26. The van der Waals surface area contributed by atoms with E-state index in [9.17, 15) is 14.4 Å². The van der Waals surface area contributed by atoms with Crippen LogP contribution in [0.5, 0.6) is 0 Å². The Morgan fingerprint density at radius 2 is 1.93 bits per heavy atom. The maximum atomic E-state index is 12.3. The van der Waals surface area contributed by atoms with Crippen molar-refractivity contribution >= 4 is 28.9 Å². The predicted octanol–water partition coefficient (Wildman–Crippen LogP) is 1.58. The number of carbonyl (C=O) groups is 3. The van der Waals surface area contributed by atoms with Crippen molar-refractivity contribution in [1.29, 1.82) is 0 Å². The molecule has 1 aliphatic rings. The van der Waals surface area contributed by atoms with Crippen molar-refractivity contribution in [2.45, 2.75) is 32.7 Å². The number of esters is 2. The number of pyridine rings is 1. The first-order valence-corrected chi connectivity index (χ1v) is 9.26. The Morgan fingerprint density at radius 1 is 1.21 bits per heavy atom. The number of hydrogen-bond donors (Lipinski definition) is 0. The van der Waals surface area contributed by atoms with E-state index in [0.717, 1.165) is 5.39 Å². The Balaban J connectivity index is 1.55. The van der Waals surface area contributed by atoms with Gasteiger partial charge in [0, 0.05) is 30.7 Å². The Hall–Kier alpha value is -2.97. The SMILES string of the molecule is COC(=O)C1CCN(C(=O)COC(=O)c2cnc3c(cnn3C(C)C)c2)CC1. The number of rotatable bonds is 5. The third-order valence-electron chi connectivity index (χ3n) is 4.87. The van der Waals surface area contributed by atoms with Gasteiger partial charge in [0.1, 0.15) is 0 Å². The lowest BCUT2D eigenvalue weighted by Gasteiger charge is -2.30. The predicted molar refractivity (Wildman–Crippen MR) is 99.5 cm³/mol. The fraction of sp³-hybridized carbons (Fsp3) is 0.526. The van der Waals surface area contributed by atoms with Gasteiger partial charge in [-0.25, -0.2) is 14.5 Å². The number of ether oxygens (including phenoxy) is 2. The number of aromatic nitrogens is 3. The molecule has 0 spiro atoms. The molecule has 0 unspecified atom stereocenters. The second-order valence-corrected chi connectivity index (χ2v) is 7.07. The van der Waals surface area contributed by atoms with Crippen LogP contribution in [0.4, 0.5) is 0 Å². The summed E-state index contributed by atoms with van der Waals surface area (Å²) >= 11 is 0. The van der Waals surface area contributed by atoms with Gasteiger partial charge in [-0.05, 0) is 32.8 Å². The zero-order valence-electron chi connectivity index (χ0n) is 16.3. The summed E-state index contributed by atoms with van der Waals surface area (Å²) in [5, 5.41) is 5.00. The van der Waals surface area contributed by atoms with E-state index in [1.165, 1.54) is 13.3 Å². The highest BCUT2D eigenvalue weighted by molar-refractivity contribution is 5.94. The number of fused-ring (bicyclic) bond motifs is 1. The van der Waals surface area contributed by atoms with Gasteiger partial charge in [0.15, 0.2) is 12.3 Å². The van der Waals surface area contributed by atoms with Crippen LogP contribution in [0.15, 0.2) is 18.5 Å². The lowest BCUT2D eigenvalue weighted by Crippen LogP contribution is -2.42. The fourth-order valence-corrected chi connectivity index (χ4v) is 3.26. The van der Waals surface area contributed by atoms with Crippen LogP contribution in [0.1, 0.15) is 43.1 Å². The van der Waals surface area contributed by atoms with Gasteiger partial charge < -0.3 is 14.4 Å². The zero-order valence-corrected chi connectivity index (χ0v) is 16.3. The van der Waals surface area contributed by atoms with Crippen LogP contribution < -0.4 is 0 Å². The van der Waals surface area contributed by atoms with Gasteiger partial charge in [0.25, 0.3) is 5.91 Å². The molecule has 150 valence electrons. The molecule has 0 radical (unpaired) electrons. The van der Waals surface area contributed by atoms with Crippen LogP contribution in [0.3, 0.4) is 0 Å². The van der Waals surface area contributed by atoms with Crippen LogP contribution in [-0.4, -0.2) is 64.3 Å². The second kappa shape index (κ2) is 8.37. The number of methoxy groups -OCH3 is 1. The molecule has 0 aliphatic carbocycles. The van der Waals surface area contributed by atoms with Crippen molar-refractivity contribution in [3.05, 3.63) is 24.0 Å². The molecule has 1 aliphatic heterocycles. The number of amides is 1. The molecule has 1 amide bonds. The molecule has 0 N–H and O–H groups in total. The number of hydrogen-bond acceptors (Lipinski definition) is 7. The molecule has 0 aromatic carbocycles. The van der Waals surface area contributed by atoms with Crippen molar-refractivity contribution in [1.82, 2.24) is 19.7 Å². The third kappa shape index (κ3) is 4.13. The van der Waals surface area contributed by atoms with E-state index in [-0.39, 0.29) is 36.0 Å². The Labute approximate surface area is 162 Å². The molecule has 1 saturated heterocycles. The largest absolute Gasteiger partial charge is 0.469 e. The Kier molecular flexibility index (Phi) is 5.91. The minimum Gasteiger partial charge on any atom is -0.469 e. The van der Waals surface area contributed by atoms with E-state index in [1.807, 2.05) is 13.8 Å². The van der Waals surface area contributed by atoms with E-state index in [4.69, 9.17) is 9.47 Å². The normalized spacial score (nSPS) is 15.1. The van der Waals surface area contributed by atoms with Crippen molar-refractivity contribution in [2.75, 3.05) is 26.8 Å². The second-order valence-electron chi connectivity index (χ2n) is 7.07. The highest BCUT2D eigenvalue weighted by Gasteiger charge is 2.28. The van der Waals surface area contributed by atoms with Crippen LogP contribution in [0.2, 0.25) is 0 Å². The third-order valence-corrected chi connectivity index (χ3v) is 4.87. The van der Waals surface area contributed by atoms with E-state index in [0.29, 0.717) is 31.6 Å². The Bertz CT molecular complexity index is 884. The first kappa shape index (κ1) is 19.8. The zero-order chi connectivity index (χ0) is 20.3. The fourth-order valence-electron chi connectivity index (χ4n) is 3.26. The lowest BCUT2D eigenvalue weighted by atomic mass is 9.97.